The molecule has 0 radical (unpaired) electrons. The second kappa shape index (κ2) is 12.2. The summed E-state index contributed by atoms with van der Waals surface area (Å²) in [5.74, 6) is -1.42. The maximum Gasteiger partial charge on any atom is 0.411 e. The predicted molar refractivity (Wildman–Crippen MR) is 137 cm³/mol. The molecule has 0 heterocycles. The Morgan fingerprint density at radius 1 is 0.892 bits per heavy atom. The first-order valence-corrected chi connectivity index (χ1v) is 12.7. The molecule has 1 atom stereocenters. The molecule has 10 nitrogen and oxygen atoms in total. The maximum absolute atomic E-state index is 12.9. The van der Waals surface area contributed by atoms with Gasteiger partial charge in [-0.05, 0) is 72.8 Å². The lowest BCUT2D eigenvalue weighted by atomic mass is 10.2. The number of aliphatic carboxylic acids is 1. The van der Waals surface area contributed by atoms with Gasteiger partial charge in [-0.2, -0.15) is 0 Å². The Labute approximate surface area is 218 Å². The van der Waals surface area contributed by atoms with Gasteiger partial charge >= 0.3 is 12.1 Å². The van der Waals surface area contributed by atoms with Crippen LogP contribution in [-0.2, 0) is 19.4 Å². The molecule has 0 aliphatic rings. The van der Waals surface area contributed by atoms with Crippen molar-refractivity contribution in [2.45, 2.75) is 16.6 Å². The summed E-state index contributed by atoms with van der Waals surface area (Å²) in [5.41, 5.74) is 1.08. The first kappa shape index (κ1) is 27.5. The summed E-state index contributed by atoms with van der Waals surface area (Å²) in [7, 11) is -2.81. The Morgan fingerprint density at radius 3 is 2.03 bits per heavy atom. The third-order valence-electron chi connectivity index (χ3n) is 5.15. The van der Waals surface area contributed by atoms with Crippen molar-refractivity contribution in [1.29, 1.82) is 0 Å². The van der Waals surface area contributed by atoms with Crippen LogP contribution in [0.2, 0.25) is 5.02 Å². The number of carboxylic acids is 1. The van der Waals surface area contributed by atoms with Crippen molar-refractivity contribution in [3.05, 3.63) is 83.4 Å². The molecule has 0 aromatic heterocycles. The van der Waals surface area contributed by atoms with E-state index >= 15 is 0 Å². The standard InChI is InChI=1S/C25H23ClN2O8S/c1-35-20-10-2-16(3-11-20)23(29)27-18-8-12-21(13-9-18)37(33,34)22(24(30)31)14-15-36-25(32)28-19-6-4-17(26)5-7-19/h2-13,22H,14-15H2,1H3,(H,27,29)(H,28,32)(H,30,31). The van der Waals surface area contributed by atoms with E-state index in [0.717, 1.165) is 0 Å². The molecule has 37 heavy (non-hydrogen) atoms. The van der Waals surface area contributed by atoms with Crippen molar-refractivity contribution < 1.29 is 37.4 Å². The number of amides is 2. The molecule has 3 N–H and O–H groups in total. The molecule has 0 aliphatic carbocycles. The number of carboxylic acid groups (broad SMARTS) is 1. The van der Waals surface area contributed by atoms with Crippen LogP contribution in [0, 0.1) is 0 Å². The van der Waals surface area contributed by atoms with Gasteiger partial charge in [-0.1, -0.05) is 11.6 Å². The highest BCUT2D eigenvalue weighted by Gasteiger charge is 2.34. The summed E-state index contributed by atoms with van der Waals surface area (Å²) in [5, 5.41) is 13.2. The van der Waals surface area contributed by atoms with Gasteiger partial charge in [-0.15, -0.1) is 0 Å². The fraction of sp³-hybridized carbons (Fsp3) is 0.160. The number of benzene rings is 3. The van der Waals surface area contributed by atoms with Crippen LogP contribution >= 0.6 is 11.6 Å². The molecule has 194 valence electrons. The molecule has 0 saturated carbocycles. The molecule has 0 aliphatic heterocycles. The average molecular weight is 547 g/mol. The lowest BCUT2D eigenvalue weighted by Gasteiger charge is -2.15. The van der Waals surface area contributed by atoms with Gasteiger partial charge in [0.15, 0.2) is 15.1 Å². The van der Waals surface area contributed by atoms with Crippen molar-refractivity contribution in [1.82, 2.24) is 0 Å². The maximum atomic E-state index is 12.9. The lowest BCUT2D eigenvalue weighted by molar-refractivity contribution is -0.136. The third kappa shape index (κ3) is 7.45. The van der Waals surface area contributed by atoms with Crippen LogP contribution in [-0.4, -0.2) is 50.5 Å². The summed E-state index contributed by atoms with van der Waals surface area (Å²) in [6, 6.07) is 17.7. The van der Waals surface area contributed by atoms with Crippen molar-refractivity contribution in [3.63, 3.8) is 0 Å². The first-order valence-electron chi connectivity index (χ1n) is 10.8. The van der Waals surface area contributed by atoms with Crippen molar-refractivity contribution in [2.24, 2.45) is 0 Å². The second-order valence-corrected chi connectivity index (χ2v) is 10.2. The van der Waals surface area contributed by atoms with Crippen LogP contribution in [0.3, 0.4) is 0 Å². The number of hydrogen-bond donors (Lipinski definition) is 3. The SMILES string of the molecule is COc1ccc(C(=O)Nc2ccc(S(=O)(=O)C(CCOC(=O)Nc3ccc(Cl)cc3)C(=O)O)cc2)cc1. The van der Waals surface area contributed by atoms with E-state index in [-0.39, 0.29) is 4.90 Å². The number of nitrogens with one attached hydrogen (secondary N) is 2. The van der Waals surface area contributed by atoms with Gasteiger partial charge in [-0.25, -0.2) is 13.2 Å². The van der Waals surface area contributed by atoms with Gasteiger partial charge in [0.25, 0.3) is 5.91 Å². The van der Waals surface area contributed by atoms with Crippen molar-refractivity contribution in [3.8, 4) is 5.75 Å². The molecule has 3 rings (SSSR count). The third-order valence-corrected chi connectivity index (χ3v) is 7.51. The van der Waals surface area contributed by atoms with Gasteiger partial charge in [0.05, 0.1) is 18.6 Å². The van der Waals surface area contributed by atoms with Crippen LogP contribution in [0.5, 0.6) is 5.75 Å². The molecule has 0 spiro atoms. The second-order valence-electron chi connectivity index (χ2n) is 7.64. The van der Waals surface area contributed by atoms with E-state index in [0.29, 0.717) is 27.7 Å². The molecule has 0 saturated heterocycles. The molecule has 0 bridgehead atoms. The van der Waals surface area contributed by atoms with Crippen LogP contribution in [0.1, 0.15) is 16.8 Å². The van der Waals surface area contributed by atoms with Gasteiger partial charge in [0, 0.05) is 28.4 Å². The minimum atomic E-state index is -4.32. The number of methoxy groups -OCH3 is 1. The number of carbonyl (C=O) groups is 3. The Hall–Kier alpha value is -4.09. The number of ether oxygens (including phenoxy) is 2. The fourth-order valence-electron chi connectivity index (χ4n) is 3.20. The number of sulfone groups is 1. The van der Waals surface area contributed by atoms with Crippen molar-refractivity contribution >= 4 is 50.8 Å². The lowest BCUT2D eigenvalue weighted by Crippen LogP contribution is -2.32. The van der Waals surface area contributed by atoms with E-state index < -0.39 is 46.1 Å². The summed E-state index contributed by atoms with van der Waals surface area (Å²) >= 11 is 5.78. The highest BCUT2D eigenvalue weighted by atomic mass is 35.5. The van der Waals surface area contributed by atoms with Crippen molar-refractivity contribution in [2.75, 3.05) is 24.4 Å². The van der Waals surface area contributed by atoms with E-state index in [2.05, 4.69) is 10.6 Å². The van der Waals surface area contributed by atoms with E-state index in [1.807, 2.05) is 0 Å². The van der Waals surface area contributed by atoms with Gasteiger partial charge in [0.2, 0.25) is 0 Å². The first-order chi connectivity index (χ1) is 17.6. The van der Waals surface area contributed by atoms with Gasteiger partial charge in [0.1, 0.15) is 5.75 Å². The van der Waals surface area contributed by atoms with Crippen LogP contribution < -0.4 is 15.4 Å². The summed E-state index contributed by atoms with van der Waals surface area (Å²) < 4.78 is 35.9. The number of carbonyl (C=O) groups excluding carboxylic acids is 2. The Kier molecular flexibility index (Phi) is 9.10. The molecule has 12 heteroatoms. The number of hydrogen-bond acceptors (Lipinski definition) is 7. The monoisotopic (exact) mass is 546 g/mol. The molecule has 0 fully saturated rings. The van der Waals surface area contributed by atoms with Crippen LogP contribution in [0.15, 0.2) is 77.7 Å². The van der Waals surface area contributed by atoms with Crippen LogP contribution in [0.25, 0.3) is 0 Å². The molecule has 1 unspecified atom stereocenters. The number of rotatable bonds is 10. The average Bonchev–Trinajstić information content (AvgIpc) is 2.88. The summed E-state index contributed by atoms with van der Waals surface area (Å²) in [4.78, 5) is 35.8. The Morgan fingerprint density at radius 2 is 1.46 bits per heavy atom. The van der Waals surface area contributed by atoms with Gasteiger partial charge < -0.3 is 19.9 Å². The Balaban J connectivity index is 1.60. The highest BCUT2D eigenvalue weighted by molar-refractivity contribution is 7.92. The molecular formula is C25H23ClN2O8S. The Bertz CT molecular complexity index is 1360. The highest BCUT2D eigenvalue weighted by Crippen LogP contribution is 2.22. The van der Waals surface area contributed by atoms with E-state index in [1.165, 1.54) is 43.5 Å². The summed E-state index contributed by atoms with van der Waals surface area (Å²) in [6.45, 7) is -0.453. The quantitative estimate of drug-likeness (QED) is 0.337. The van der Waals surface area contributed by atoms with E-state index in [1.54, 1.807) is 36.4 Å². The zero-order valence-corrected chi connectivity index (χ0v) is 21.1. The normalized spacial score (nSPS) is 11.7. The zero-order valence-electron chi connectivity index (χ0n) is 19.5. The number of anilines is 2. The van der Waals surface area contributed by atoms with Gasteiger partial charge in [-0.3, -0.25) is 14.9 Å². The largest absolute Gasteiger partial charge is 0.497 e. The van der Waals surface area contributed by atoms with E-state index in [9.17, 15) is 27.9 Å². The predicted octanol–water partition coefficient (Wildman–Crippen LogP) is 4.47. The van der Waals surface area contributed by atoms with Crippen LogP contribution in [0.4, 0.5) is 16.2 Å². The minimum Gasteiger partial charge on any atom is -0.497 e. The van der Waals surface area contributed by atoms with E-state index in [4.69, 9.17) is 21.1 Å². The molecule has 3 aromatic rings. The summed E-state index contributed by atoms with van der Waals surface area (Å²) in [6.07, 6.45) is -1.34. The molecule has 3 aromatic carbocycles. The number of halogens is 1. The molecule has 2 amide bonds. The topological polar surface area (TPSA) is 148 Å². The smallest absolute Gasteiger partial charge is 0.411 e. The minimum absolute atomic E-state index is 0.257. The fourth-order valence-corrected chi connectivity index (χ4v) is 4.84. The molecular weight excluding hydrogens is 524 g/mol. The zero-order chi connectivity index (χ0) is 27.0.